The molecule has 4 fully saturated rings. The molecule has 0 amide bonds. The third kappa shape index (κ3) is 5.07. The zero-order valence-electron chi connectivity index (χ0n) is 32.4. The standard InChI is InChI=1S/C40H50O14/c1-11-20(4)33(46)52-35-37(8)18-39(53-21(5)41)38(9,25(37)16-26(43)48-10)24-12-14-36(7)28(29(44)34(47)50-30(36)23-13-15-49-17-23)27(24)31(51-32(45)19(2)3)40(35,39)54-22(6)42/h11,13,15,17,19,24-25,29-31,35,44H,12,14,16,18H2,1-10H3/b20-11+/t24-,25-,29+,30-,31-,35-,36+,37-,38+,39+,40+/m0/s1. The molecule has 1 aliphatic heterocycles. The summed E-state index contributed by atoms with van der Waals surface area (Å²) in [6, 6.07) is 1.65. The Morgan fingerprint density at radius 3 is 2.26 bits per heavy atom. The van der Waals surface area contributed by atoms with Crippen LogP contribution in [0.4, 0.5) is 0 Å². The zero-order chi connectivity index (χ0) is 39.9. The molecule has 0 unspecified atom stereocenters. The molecule has 2 bridgehead atoms. The molecule has 14 heteroatoms. The molecular weight excluding hydrogens is 704 g/mol. The summed E-state index contributed by atoms with van der Waals surface area (Å²) >= 11 is 0. The molecule has 294 valence electrons. The summed E-state index contributed by atoms with van der Waals surface area (Å²) in [5.41, 5.74) is -6.80. The smallest absolute Gasteiger partial charge is 0.339 e. The Balaban J connectivity index is 1.80. The van der Waals surface area contributed by atoms with Crippen molar-refractivity contribution in [2.75, 3.05) is 7.11 Å². The molecule has 2 heterocycles. The third-order valence-electron chi connectivity index (χ3n) is 13.4. The van der Waals surface area contributed by atoms with E-state index in [0.29, 0.717) is 18.4 Å². The van der Waals surface area contributed by atoms with Crippen molar-refractivity contribution in [1.29, 1.82) is 0 Å². The van der Waals surface area contributed by atoms with Crippen LogP contribution in [-0.2, 0) is 57.2 Å². The maximum atomic E-state index is 14.0. The minimum absolute atomic E-state index is 0.0772. The van der Waals surface area contributed by atoms with Gasteiger partial charge < -0.3 is 37.9 Å². The highest BCUT2D eigenvalue weighted by Crippen LogP contribution is 2.82. The van der Waals surface area contributed by atoms with Crippen LogP contribution in [0.2, 0.25) is 0 Å². The normalized spacial score (nSPS) is 39.3. The number of aliphatic hydroxyl groups excluding tert-OH is 1. The third-order valence-corrected chi connectivity index (χ3v) is 13.4. The number of ether oxygens (including phenoxy) is 6. The van der Waals surface area contributed by atoms with Gasteiger partial charge in [0.25, 0.3) is 0 Å². The molecule has 54 heavy (non-hydrogen) atoms. The van der Waals surface area contributed by atoms with Crippen molar-refractivity contribution in [3.05, 3.63) is 47.0 Å². The highest BCUT2D eigenvalue weighted by atomic mass is 16.7. The maximum absolute atomic E-state index is 14.0. The average Bonchev–Trinajstić information content (AvgIpc) is 3.75. The van der Waals surface area contributed by atoms with E-state index in [4.69, 9.17) is 32.8 Å². The van der Waals surface area contributed by atoms with E-state index in [1.54, 1.807) is 46.8 Å². The SMILES string of the molecule is C/C=C(\C)C(=O)O[C@H]1[C@@]2(C)C[C@@]3(OC(C)=O)[C@](C)([C@H]4CC[C@]5(C)C(=C4[C@H](OC(=O)C(C)C)[C@@]13OC(C)=O)[C@@H](O)C(=O)O[C@H]5c1ccoc1)[C@H]2CC(=O)OC. The first-order chi connectivity index (χ1) is 25.2. The summed E-state index contributed by atoms with van der Waals surface area (Å²) in [5, 5.41) is 12.0. The number of aliphatic hydroxyl groups is 1. The Kier molecular flexibility index (Phi) is 9.51. The lowest BCUT2D eigenvalue weighted by atomic mass is 9.40. The molecule has 5 aliphatic rings. The Morgan fingerprint density at radius 2 is 1.70 bits per heavy atom. The second kappa shape index (κ2) is 13.1. The number of rotatable bonds is 9. The monoisotopic (exact) mass is 754 g/mol. The van der Waals surface area contributed by atoms with Gasteiger partial charge in [0.15, 0.2) is 23.9 Å². The van der Waals surface area contributed by atoms with E-state index in [2.05, 4.69) is 0 Å². The van der Waals surface area contributed by atoms with Crippen LogP contribution in [-0.4, -0.2) is 77.5 Å². The molecule has 6 rings (SSSR count). The number of cyclic esters (lactones) is 1. The number of fused-ring (bicyclic) bond motifs is 4. The quantitative estimate of drug-likeness (QED) is 0.159. The fourth-order valence-corrected chi connectivity index (χ4v) is 11.2. The summed E-state index contributed by atoms with van der Waals surface area (Å²) < 4.78 is 42.4. The predicted octanol–water partition coefficient (Wildman–Crippen LogP) is 4.62. The first-order valence-electron chi connectivity index (χ1n) is 18.4. The number of hydrogen-bond donors (Lipinski definition) is 1. The van der Waals surface area contributed by atoms with E-state index < -0.39 is 105 Å². The van der Waals surface area contributed by atoms with Crippen LogP contribution in [0.5, 0.6) is 0 Å². The van der Waals surface area contributed by atoms with Crippen LogP contribution in [0.1, 0.15) is 99.7 Å². The van der Waals surface area contributed by atoms with Gasteiger partial charge in [-0.25, -0.2) is 9.59 Å². The summed E-state index contributed by atoms with van der Waals surface area (Å²) in [6.45, 7) is 14.2. The Bertz CT molecular complexity index is 1840. The van der Waals surface area contributed by atoms with Gasteiger partial charge in [-0.1, -0.05) is 40.7 Å². The minimum Gasteiger partial charge on any atom is -0.472 e. The molecule has 1 aromatic rings. The zero-order valence-corrected chi connectivity index (χ0v) is 32.4. The van der Waals surface area contributed by atoms with E-state index in [9.17, 15) is 33.9 Å². The van der Waals surface area contributed by atoms with Crippen LogP contribution >= 0.6 is 0 Å². The summed E-state index contributed by atoms with van der Waals surface area (Å²) in [5.74, 6) is -7.00. The number of carbonyl (C=O) groups is 6. The number of hydrogen-bond acceptors (Lipinski definition) is 14. The molecule has 3 saturated carbocycles. The molecule has 0 radical (unpaired) electrons. The van der Waals surface area contributed by atoms with E-state index in [1.807, 2.05) is 13.8 Å². The lowest BCUT2D eigenvalue weighted by Gasteiger charge is -2.69. The second-order valence-electron chi connectivity index (χ2n) is 16.5. The van der Waals surface area contributed by atoms with Crippen molar-refractivity contribution >= 4 is 35.8 Å². The molecular formula is C40H50O14. The molecule has 11 atom stereocenters. The molecule has 1 saturated heterocycles. The Hall–Kier alpha value is -4.46. The maximum Gasteiger partial charge on any atom is 0.339 e. The van der Waals surface area contributed by atoms with Crippen molar-refractivity contribution in [2.45, 2.75) is 124 Å². The summed E-state index contributed by atoms with van der Waals surface area (Å²) in [4.78, 5) is 82.3. The van der Waals surface area contributed by atoms with Crippen LogP contribution in [0.15, 0.2) is 45.8 Å². The van der Waals surface area contributed by atoms with Crippen LogP contribution in [0.3, 0.4) is 0 Å². The largest absolute Gasteiger partial charge is 0.472 e. The first-order valence-corrected chi connectivity index (χ1v) is 18.4. The number of furan rings is 1. The highest BCUT2D eigenvalue weighted by Gasteiger charge is 2.94. The van der Waals surface area contributed by atoms with Crippen molar-refractivity contribution < 1.29 is 66.7 Å². The lowest BCUT2D eigenvalue weighted by molar-refractivity contribution is -0.323. The fourth-order valence-electron chi connectivity index (χ4n) is 11.2. The molecule has 1 aromatic heterocycles. The molecule has 14 nitrogen and oxygen atoms in total. The average molecular weight is 755 g/mol. The van der Waals surface area contributed by atoms with Gasteiger partial charge in [0, 0.05) is 54.1 Å². The number of allylic oxidation sites excluding steroid dienone is 1. The van der Waals surface area contributed by atoms with Gasteiger partial charge in [-0.15, -0.1) is 0 Å². The van der Waals surface area contributed by atoms with Gasteiger partial charge in [-0.2, -0.15) is 0 Å². The van der Waals surface area contributed by atoms with Crippen LogP contribution in [0, 0.1) is 34.0 Å². The van der Waals surface area contributed by atoms with Gasteiger partial charge >= 0.3 is 35.8 Å². The van der Waals surface area contributed by atoms with E-state index in [1.165, 1.54) is 26.6 Å². The van der Waals surface area contributed by atoms with E-state index >= 15 is 0 Å². The number of methoxy groups -OCH3 is 1. The first kappa shape index (κ1) is 39.2. The van der Waals surface area contributed by atoms with Gasteiger partial charge in [-0.05, 0) is 55.7 Å². The van der Waals surface area contributed by atoms with E-state index in [-0.39, 0.29) is 29.6 Å². The minimum atomic E-state index is -2.29. The molecule has 0 spiro atoms. The van der Waals surface area contributed by atoms with Gasteiger partial charge in [0.1, 0.15) is 6.10 Å². The number of carbonyl (C=O) groups excluding carboxylic acids is 6. The highest BCUT2D eigenvalue weighted by molar-refractivity contribution is 5.88. The molecule has 0 aromatic carbocycles. The summed E-state index contributed by atoms with van der Waals surface area (Å²) in [6.07, 6.45) is -1.27. The van der Waals surface area contributed by atoms with Gasteiger partial charge in [0.05, 0.1) is 25.6 Å². The van der Waals surface area contributed by atoms with Crippen molar-refractivity contribution in [3.8, 4) is 0 Å². The van der Waals surface area contributed by atoms with Gasteiger partial charge in [-0.3, -0.25) is 19.2 Å². The molecule has 1 N–H and O–H groups in total. The van der Waals surface area contributed by atoms with Crippen molar-refractivity contribution in [2.24, 2.45) is 34.0 Å². The van der Waals surface area contributed by atoms with Gasteiger partial charge in [0.2, 0.25) is 5.60 Å². The Morgan fingerprint density at radius 1 is 1.04 bits per heavy atom. The van der Waals surface area contributed by atoms with Crippen molar-refractivity contribution in [1.82, 2.24) is 0 Å². The fraction of sp³-hybridized carbons (Fsp3) is 0.650. The second-order valence-corrected chi connectivity index (χ2v) is 16.5. The van der Waals surface area contributed by atoms with Crippen LogP contribution in [0.25, 0.3) is 0 Å². The number of esters is 6. The van der Waals surface area contributed by atoms with Crippen LogP contribution < -0.4 is 0 Å². The summed E-state index contributed by atoms with van der Waals surface area (Å²) in [7, 11) is 1.25. The van der Waals surface area contributed by atoms with Crippen molar-refractivity contribution in [3.63, 3.8) is 0 Å². The van der Waals surface area contributed by atoms with E-state index in [0.717, 1.165) is 6.92 Å². The predicted molar refractivity (Wildman–Crippen MR) is 185 cm³/mol. The molecule has 4 aliphatic carbocycles. The Labute approximate surface area is 313 Å². The lowest BCUT2D eigenvalue weighted by Crippen LogP contribution is -2.82. The topological polar surface area (TPSA) is 191 Å².